The normalized spacial score (nSPS) is 10.2. The molecule has 0 aliphatic rings. The van der Waals surface area contributed by atoms with E-state index >= 15 is 0 Å². The molecule has 0 saturated carbocycles. The van der Waals surface area contributed by atoms with Gasteiger partial charge in [0.25, 0.3) is 0 Å². The van der Waals surface area contributed by atoms with Crippen molar-refractivity contribution in [3.05, 3.63) is 42.6 Å². The number of anilines is 2. The van der Waals surface area contributed by atoms with E-state index in [1.54, 1.807) is 20.4 Å². The highest BCUT2D eigenvalue weighted by atomic mass is 16.5. The van der Waals surface area contributed by atoms with Crippen LogP contribution in [0.2, 0.25) is 0 Å². The summed E-state index contributed by atoms with van der Waals surface area (Å²) in [7, 11) is 3.28. The Kier molecular flexibility index (Phi) is 5.40. The molecule has 112 valence electrons. The van der Waals surface area contributed by atoms with Crippen molar-refractivity contribution in [2.75, 3.05) is 32.2 Å². The van der Waals surface area contributed by atoms with E-state index in [-0.39, 0.29) is 0 Å². The van der Waals surface area contributed by atoms with Gasteiger partial charge in [-0.15, -0.1) is 0 Å². The third-order valence-electron chi connectivity index (χ3n) is 3.19. The summed E-state index contributed by atoms with van der Waals surface area (Å²) in [6.07, 6.45) is 2.63. The number of nitrogens with two attached hydrogens (primary N) is 1. The second-order valence-electron chi connectivity index (χ2n) is 4.55. The number of methoxy groups -OCH3 is 2. The van der Waals surface area contributed by atoms with Crippen LogP contribution in [0.5, 0.6) is 11.6 Å². The number of ether oxygens (including phenoxy) is 2. The summed E-state index contributed by atoms with van der Waals surface area (Å²) in [5.41, 5.74) is 7.73. The molecular weight excluding hydrogens is 266 g/mol. The maximum atomic E-state index is 5.66. The lowest BCUT2D eigenvalue weighted by Gasteiger charge is -2.25. The number of benzene rings is 1. The molecule has 1 aromatic heterocycles. The third kappa shape index (κ3) is 3.86. The fourth-order valence-corrected chi connectivity index (χ4v) is 2.11. The summed E-state index contributed by atoms with van der Waals surface area (Å²) in [5.74, 6) is 1.42. The Balaban J connectivity index is 2.36. The van der Waals surface area contributed by atoms with Gasteiger partial charge < -0.3 is 20.1 Å². The summed E-state index contributed by atoms with van der Waals surface area (Å²) in [5, 5.41) is 0. The van der Waals surface area contributed by atoms with Gasteiger partial charge in [-0.3, -0.25) is 0 Å². The highest BCUT2D eigenvalue weighted by Gasteiger charge is 2.11. The topological polar surface area (TPSA) is 60.6 Å². The monoisotopic (exact) mass is 287 g/mol. The third-order valence-corrected chi connectivity index (χ3v) is 3.19. The van der Waals surface area contributed by atoms with Gasteiger partial charge in [0.05, 0.1) is 14.2 Å². The Hall–Kier alpha value is -2.27. The zero-order valence-corrected chi connectivity index (χ0v) is 12.5. The highest BCUT2D eigenvalue weighted by Crippen LogP contribution is 2.29. The Morgan fingerprint density at radius 1 is 1.10 bits per heavy atom. The van der Waals surface area contributed by atoms with Crippen LogP contribution in [-0.4, -0.2) is 32.3 Å². The molecule has 1 aromatic carbocycles. The number of hydrogen-bond acceptors (Lipinski definition) is 5. The Labute approximate surface area is 125 Å². The average Bonchev–Trinajstić information content (AvgIpc) is 2.55. The molecule has 2 N–H and O–H groups in total. The van der Waals surface area contributed by atoms with E-state index in [0.717, 1.165) is 30.1 Å². The molecule has 0 bridgehead atoms. The molecule has 5 nitrogen and oxygen atoms in total. The molecule has 0 fully saturated rings. The lowest BCUT2D eigenvalue weighted by Crippen LogP contribution is -2.21. The second kappa shape index (κ2) is 7.50. The van der Waals surface area contributed by atoms with Crippen LogP contribution in [0.1, 0.15) is 6.42 Å². The second-order valence-corrected chi connectivity index (χ2v) is 4.55. The molecule has 5 heteroatoms. The van der Waals surface area contributed by atoms with E-state index < -0.39 is 0 Å². The first kappa shape index (κ1) is 15.1. The number of pyridine rings is 1. The van der Waals surface area contributed by atoms with Crippen molar-refractivity contribution in [1.82, 2.24) is 4.98 Å². The maximum absolute atomic E-state index is 5.66. The molecule has 0 aliphatic carbocycles. The number of hydrogen-bond donors (Lipinski definition) is 1. The van der Waals surface area contributed by atoms with E-state index in [9.17, 15) is 0 Å². The van der Waals surface area contributed by atoms with E-state index in [1.807, 2.05) is 36.4 Å². The zero-order chi connectivity index (χ0) is 15.1. The number of rotatable bonds is 7. The van der Waals surface area contributed by atoms with Crippen molar-refractivity contribution in [2.24, 2.45) is 5.73 Å². The van der Waals surface area contributed by atoms with Crippen LogP contribution < -0.4 is 20.1 Å². The predicted molar refractivity (Wildman–Crippen MR) is 84.5 cm³/mol. The smallest absolute Gasteiger partial charge is 0.214 e. The van der Waals surface area contributed by atoms with E-state index in [4.69, 9.17) is 15.2 Å². The van der Waals surface area contributed by atoms with Gasteiger partial charge in [0.1, 0.15) is 5.75 Å². The minimum Gasteiger partial charge on any atom is -0.497 e. The summed E-state index contributed by atoms with van der Waals surface area (Å²) in [4.78, 5) is 6.33. The van der Waals surface area contributed by atoms with E-state index in [1.165, 1.54) is 0 Å². The van der Waals surface area contributed by atoms with Crippen molar-refractivity contribution in [2.45, 2.75) is 6.42 Å². The minimum absolute atomic E-state index is 0.591. The SMILES string of the molecule is COc1cccc(N(CCCN)c2ccnc(OC)c2)c1. The number of nitrogens with zero attached hydrogens (tertiary/aromatic N) is 2. The van der Waals surface area contributed by atoms with Gasteiger partial charge in [-0.25, -0.2) is 4.98 Å². The van der Waals surface area contributed by atoms with Crippen molar-refractivity contribution in [3.63, 3.8) is 0 Å². The van der Waals surface area contributed by atoms with Crippen LogP contribution in [0.3, 0.4) is 0 Å². The van der Waals surface area contributed by atoms with Gasteiger partial charge in [-0.2, -0.15) is 0 Å². The summed E-state index contributed by atoms with van der Waals surface area (Å²) in [6.45, 7) is 1.46. The molecule has 2 aromatic rings. The molecular formula is C16H21N3O2. The van der Waals surface area contributed by atoms with Crippen LogP contribution in [-0.2, 0) is 0 Å². The molecule has 0 radical (unpaired) electrons. The fourth-order valence-electron chi connectivity index (χ4n) is 2.11. The van der Waals surface area contributed by atoms with Gasteiger partial charge in [0.2, 0.25) is 5.88 Å². The Morgan fingerprint density at radius 3 is 2.62 bits per heavy atom. The van der Waals surface area contributed by atoms with Gasteiger partial charge in [-0.1, -0.05) is 6.07 Å². The summed E-state index contributed by atoms with van der Waals surface area (Å²) >= 11 is 0. The molecule has 0 saturated heterocycles. The maximum Gasteiger partial charge on any atom is 0.214 e. The highest BCUT2D eigenvalue weighted by molar-refractivity contribution is 5.65. The average molecular weight is 287 g/mol. The molecule has 2 rings (SSSR count). The van der Waals surface area contributed by atoms with Crippen LogP contribution in [0.25, 0.3) is 0 Å². The summed E-state index contributed by atoms with van der Waals surface area (Å²) < 4.78 is 10.5. The van der Waals surface area contributed by atoms with Gasteiger partial charge >= 0.3 is 0 Å². The van der Waals surface area contributed by atoms with Gasteiger partial charge in [0.15, 0.2) is 0 Å². The van der Waals surface area contributed by atoms with Crippen molar-refractivity contribution in [1.29, 1.82) is 0 Å². The molecule has 0 atom stereocenters. The van der Waals surface area contributed by atoms with Crippen molar-refractivity contribution in [3.8, 4) is 11.6 Å². The van der Waals surface area contributed by atoms with Crippen LogP contribution >= 0.6 is 0 Å². The van der Waals surface area contributed by atoms with E-state index in [0.29, 0.717) is 12.4 Å². The Bertz CT molecular complexity index is 527. The molecule has 0 unspecified atom stereocenters. The Morgan fingerprint density at radius 2 is 1.90 bits per heavy atom. The van der Waals surface area contributed by atoms with Crippen LogP contribution in [0, 0.1) is 0 Å². The summed E-state index contributed by atoms with van der Waals surface area (Å²) in [6, 6.07) is 11.8. The molecule has 0 amide bonds. The lowest BCUT2D eigenvalue weighted by atomic mass is 10.2. The minimum atomic E-state index is 0.591. The van der Waals surface area contributed by atoms with Crippen molar-refractivity contribution >= 4 is 11.4 Å². The van der Waals surface area contributed by atoms with Crippen LogP contribution in [0.4, 0.5) is 11.4 Å². The van der Waals surface area contributed by atoms with E-state index in [2.05, 4.69) is 9.88 Å². The van der Waals surface area contributed by atoms with Crippen molar-refractivity contribution < 1.29 is 9.47 Å². The number of aromatic nitrogens is 1. The van der Waals surface area contributed by atoms with Gasteiger partial charge in [-0.05, 0) is 31.2 Å². The van der Waals surface area contributed by atoms with Crippen LogP contribution in [0.15, 0.2) is 42.6 Å². The molecule has 0 spiro atoms. The zero-order valence-electron chi connectivity index (χ0n) is 12.5. The largest absolute Gasteiger partial charge is 0.497 e. The van der Waals surface area contributed by atoms with Gasteiger partial charge in [0, 0.05) is 36.2 Å². The fraction of sp³-hybridized carbons (Fsp3) is 0.312. The predicted octanol–water partition coefficient (Wildman–Crippen LogP) is 2.59. The first-order valence-electron chi connectivity index (χ1n) is 6.90. The molecule has 21 heavy (non-hydrogen) atoms. The first-order chi connectivity index (χ1) is 10.3. The first-order valence-corrected chi connectivity index (χ1v) is 6.90. The lowest BCUT2D eigenvalue weighted by molar-refractivity contribution is 0.398. The standard InChI is InChI=1S/C16H21N3O2/c1-20-15-6-3-5-13(11-15)19(10-4-8-17)14-7-9-18-16(12-14)21-2/h3,5-7,9,11-12H,4,8,10,17H2,1-2H3. The molecule has 1 heterocycles. The molecule has 0 aliphatic heterocycles. The quantitative estimate of drug-likeness (QED) is 0.848.